The third-order valence-corrected chi connectivity index (χ3v) is 4.32. The van der Waals surface area contributed by atoms with Gasteiger partial charge in [-0.25, -0.2) is 0 Å². The molecule has 0 aromatic heterocycles. The van der Waals surface area contributed by atoms with Gasteiger partial charge in [-0.2, -0.15) is 0 Å². The van der Waals surface area contributed by atoms with Gasteiger partial charge in [0.05, 0.1) is 0 Å². The predicted molar refractivity (Wildman–Crippen MR) is 82.4 cm³/mol. The summed E-state index contributed by atoms with van der Waals surface area (Å²) in [5.41, 5.74) is 7.17. The highest BCUT2D eigenvalue weighted by atomic mass is 16.2. The van der Waals surface area contributed by atoms with Gasteiger partial charge in [-0.15, -0.1) is 0 Å². The predicted octanol–water partition coefficient (Wildman–Crippen LogP) is 2.77. The molecule has 1 aliphatic heterocycles. The number of nitrogens with zero attached hydrogens (tertiary/aromatic N) is 1. The fourth-order valence-corrected chi connectivity index (χ4v) is 2.90. The van der Waals surface area contributed by atoms with Crippen LogP contribution in [0.1, 0.15) is 44.6 Å². The minimum atomic E-state index is 0.272. The lowest BCUT2D eigenvalue weighted by atomic mass is 9.85. The lowest BCUT2D eigenvalue weighted by Gasteiger charge is -2.32. The monoisotopic (exact) mass is 274 g/mol. The Morgan fingerprint density at radius 3 is 2.40 bits per heavy atom. The molecule has 0 bridgehead atoms. The average molecular weight is 274 g/mol. The van der Waals surface area contributed by atoms with Crippen LogP contribution in [0.25, 0.3) is 0 Å². The van der Waals surface area contributed by atoms with Crippen LogP contribution in [0.15, 0.2) is 30.3 Å². The lowest BCUT2D eigenvalue weighted by Crippen LogP contribution is -2.43. The van der Waals surface area contributed by atoms with E-state index >= 15 is 0 Å². The van der Waals surface area contributed by atoms with E-state index < -0.39 is 0 Å². The molecule has 0 spiro atoms. The number of carbonyl (C=O) groups is 1. The zero-order chi connectivity index (χ0) is 14.5. The molecule has 0 radical (unpaired) electrons. The second kappa shape index (κ2) is 6.89. The Morgan fingerprint density at radius 1 is 1.25 bits per heavy atom. The maximum atomic E-state index is 12.5. The zero-order valence-corrected chi connectivity index (χ0v) is 12.6. The number of benzene rings is 1. The van der Waals surface area contributed by atoms with E-state index in [0.717, 1.165) is 25.9 Å². The first-order valence-electron chi connectivity index (χ1n) is 7.66. The molecule has 1 aromatic rings. The van der Waals surface area contributed by atoms with Crippen molar-refractivity contribution in [2.24, 2.45) is 11.7 Å². The van der Waals surface area contributed by atoms with Crippen LogP contribution < -0.4 is 5.73 Å². The van der Waals surface area contributed by atoms with Gasteiger partial charge >= 0.3 is 0 Å². The van der Waals surface area contributed by atoms with Gasteiger partial charge in [0, 0.05) is 25.6 Å². The smallest absolute Gasteiger partial charge is 0.223 e. The number of hydrogen-bond donors (Lipinski definition) is 1. The Labute approximate surface area is 122 Å². The minimum absolute atomic E-state index is 0.272. The third-order valence-electron chi connectivity index (χ3n) is 4.32. The van der Waals surface area contributed by atoms with Crippen molar-refractivity contribution in [3.05, 3.63) is 35.9 Å². The molecule has 1 amide bonds. The molecule has 110 valence electrons. The molecule has 2 rings (SSSR count). The summed E-state index contributed by atoms with van der Waals surface area (Å²) in [6.07, 6.45) is 2.48. The molecule has 1 aliphatic rings. The summed E-state index contributed by atoms with van der Waals surface area (Å²) in [5, 5.41) is 0. The largest absolute Gasteiger partial charge is 0.343 e. The third kappa shape index (κ3) is 3.83. The van der Waals surface area contributed by atoms with Crippen LogP contribution in [0.3, 0.4) is 0 Å². The first-order valence-corrected chi connectivity index (χ1v) is 7.66. The Hall–Kier alpha value is -1.35. The van der Waals surface area contributed by atoms with E-state index in [0.29, 0.717) is 18.3 Å². The minimum Gasteiger partial charge on any atom is -0.343 e. The summed E-state index contributed by atoms with van der Waals surface area (Å²) >= 11 is 0. The zero-order valence-electron chi connectivity index (χ0n) is 12.6. The number of carbonyl (C=O) groups excluding carboxylic acids is 1. The van der Waals surface area contributed by atoms with E-state index in [1.54, 1.807) is 0 Å². The van der Waals surface area contributed by atoms with Crippen molar-refractivity contribution in [2.75, 3.05) is 13.1 Å². The number of nitrogens with two attached hydrogens (primary N) is 1. The van der Waals surface area contributed by atoms with E-state index in [-0.39, 0.29) is 11.9 Å². The van der Waals surface area contributed by atoms with Crippen LogP contribution in [-0.4, -0.2) is 29.9 Å². The van der Waals surface area contributed by atoms with Gasteiger partial charge in [0.15, 0.2) is 0 Å². The summed E-state index contributed by atoms with van der Waals surface area (Å²) in [6.45, 7) is 6.02. The van der Waals surface area contributed by atoms with Crippen molar-refractivity contribution in [1.29, 1.82) is 0 Å². The summed E-state index contributed by atoms with van der Waals surface area (Å²) in [7, 11) is 0. The van der Waals surface area contributed by atoms with Crippen molar-refractivity contribution < 1.29 is 4.79 Å². The van der Waals surface area contributed by atoms with Gasteiger partial charge in [0.25, 0.3) is 0 Å². The standard InChI is InChI=1S/C17H26N2O/c1-13(2)16(14-6-4-3-5-7-14)12-17(20)19-10-8-15(18)9-11-19/h3-7,13,15-16H,8-12,18H2,1-2H3. The maximum Gasteiger partial charge on any atom is 0.223 e. The van der Waals surface area contributed by atoms with Crippen LogP contribution in [0, 0.1) is 5.92 Å². The SMILES string of the molecule is CC(C)C(CC(=O)N1CCC(N)CC1)c1ccccc1. The van der Waals surface area contributed by atoms with E-state index in [4.69, 9.17) is 5.73 Å². The van der Waals surface area contributed by atoms with Crippen molar-refractivity contribution in [3.8, 4) is 0 Å². The molecule has 2 N–H and O–H groups in total. The molecule has 0 aliphatic carbocycles. The van der Waals surface area contributed by atoms with Gasteiger partial charge in [0.1, 0.15) is 0 Å². The van der Waals surface area contributed by atoms with Crippen LogP contribution >= 0.6 is 0 Å². The molecule has 1 atom stereocenters. The summed E-state index contributed by atoms with van der Waals surface area (Å²) in [5.74, 6) is 1.05. The van der Waals surface area contributed by atoms with Crippen molar-refractivity contribution >= 4 is 5.91 Å². The van der Waals surface area contributed by atoms with Crippen molar-refractivity contribution in [1.82, 2.24) is 4.90 Å². The highest BCUT2D eigenvalue weighted by Crippen LogP contribution is 2.28. The van der Waals surface area contributed by atoms with Crippen LogP contribution in [-0.2, 0) is 4.79 Å². The van der Waals surface area contributed by atoms with Gasteiger partial charge in [0.2, 0.25) is 5.91 Å². The molecule has 0 saturated carbocycles. The number of piperidine rings is 1. The van der Waals surface area contributed by atoms with Crippen LogP contribution in [0.4, 0.5) is 0 Å². The van der Waals surface area contributed by atoms with E-state index in [1.165, 1.54) is 5.56 Å². The molecule has 1 aromatic carbocycles. The summed E-state index contributed by atoms with van der Waals surface area (Å²) in [4.78, 5) is 14.5. The van der Waals surface area contributed by atoms with Gasteiger partial charge in [-0.3, -0.25) is 4.79 Å². The topological polar surface area (TPSA) is 46.3 Å². The van der Waals surface area contributed by atoms with E-state index in [1.807, 2.05) is 11.0 Å². The molecule has 1 unspecified atom stereocenters. The van der Waals surface area contributed by atoms with Gasteiger partial charge < -0.3 is 10.6 Å². The molecular formula is C17H26N2O. The Morgan fingerprint density at radius 2 is 1.85 bits per heavy atom. The van der Waals surface area contributed by atoms with Crippen LogP contribution in [0.2, 0.25) is 0 Å². The quantitative estimate of drug-likeness (QED) is 0.917. The molecule has 3 heteroatoms. The van der Waals surface area contributed by atoms with Crippen molar-refractivity contribution in [2.45, 2.75) is 45.1 Å². The number of likely N-dealkylation sites (tertiary alicyclic amines) is 1. The molecule has 1 heterocycles. The number of hydrogen-bond acceptors (Lipinski definition) is 2. The van der Waals surface area contributed by atoms with E-state index in [2.05, 4.69) is 38.1 Å². The Kier molecular flexibility index (Phi) is 5.18. The second-order valence-electron chi connectivity index (χ2n) is 6.18. The van der Waals surface area contributed by atoms with Crippen molar-refractivity contribution in [3.63, 3.8) is 0 Å². The number of amides is 1. The summed E-state index contributed by atoms with van der Waals surface area (Å²) < 4.78 is 0. The Bertz CT molecular complexity index is 422. The first-order chi connectivity index (χ1) is 9.58. The van der Waals surface area contributed by atoms with Gasteiger partial charge in [-0.1, -0.05) is 44.2 Å². The lowest BCUT2D eigenvalue weighted by molar-refractivity contribution is -0.132. The highest BCUT2D eigenvalue weighted by molar-refractivity contribution is 5.77. The molecular weight excluding hydrogens is 248 g/mol. The maximum absolute atomic E-state index is 12.5. The summed E-state index contributed by atoms with van der Waals surface area (Å²) in [6, 6.07) is 10.7. The number of rotatable bonds is 4. The second-order valence-corrected chi connectivity index (χ2v) is 6.18. The fourth-order valence-electron chi connectivity index (χ4n) is 2.90. The van der Waals surface area contributed by atoms with Crippen LogP contribution in [0.5, 0.6) is 0 Å². The van der Waals surface area contributed by atoms with E-state index in [9.17, 15) is 4.79 Å². The normalized spacial score (nSPS) is 18.3. The highest BCUT2D eigenvalue weighted by Gasteiger charge is 2.25. The van der Waals surface area contributed by atoms with Gasteiger partial charge in [-0.05, 0) is 30.2 Å². The molecule has 20 heavy (non-hydrogen) atoms. The first kappa shape index (κ1) is 15.0. The average Bonchev–Trinajstić information content (AvgIpc) is 2.46. The molecule has 3 nitrogen and oxygen atoms in total. The molecule has 1 saturated heterocycles. The Balaban J connectivity index is 2.00. The molecule has 1 fully saturated rings. The fraction of sp³-hybridized carbons (Fsp3) is 0.588.